The van der Waals surface area contributed by atoms with Gasteiger partial charge in [0.25, 0.3) is 11.8 Å². The molecule has 2 aliphatic heterocycles. The lowest BCUT2D eigenvalue weighted by Crippen LogP contribution is -2.60. The van der Waals surface area contributed by atoms with Crippen molar-refractivity contribution in [2.75, 3.05) is 19.1 Å². The van der Waals surface area contributed by atoms with E-state index in [0.717, 1.165) is 9.80 Å². The van der Waals surface area contributed by atoms with Gasteiger partial charge in [0.1, 0.15) is 0 Å². The van der Waals surface area contributed by atoms with Gasteiger partial charge in [-0.2, -0.15) is 0 Å². The van der Waals surface area contributed by atoms with Gasteiger partial charge in [-0.05, 0) is 55.2 Å². The van der Waals surface area contributed by atoms with Crippen molar-refractivity contribution in [2.24, 2.45) is 17.8 Å². The summed E-state index contributed by atoms with van der Waals surface area (Å²) in [4.78, 5) is 66.6. The number of alkyl halides is 2. The predicted octanol–water partition coefficient (Wildman–Crippen LogP) is 5.59. The molecule has 0 bridgehead atoms. The number of imide groups is 2. The summed E-state index contributed by atoms with van der Waals surface area (Å²) in [6.07, 6.45) is 1.76. The zero-order chi connectivity index (χ0) is 33.6. The summed E-state index contributed by atoms with van der Waals surface area (Å²) in [5.74, 6) is -6.34. The van der Waals surface area contributed by atoms with E-state index in [9.17, 15) is 29.1 Å². The SMILES string of the molecule is COc1cc(Br)cc([C@H]2C3=CC[C@@H]4C(=O)N(c5ccc(C(=O)c6ccccc6)cc5)C(=O)[C@@H]4[C@@H]3C[C@@]3(Cl)C(=O)N(C)C(=O)[C@@]23Cl)c1O. The molecule has 0 spiro atoms. The first kappa shape index (κ1) is 31.6. The summed E-state index contributed by atoms with van der Waals surface area (Å²) >= 11 is 17.9. The number of phenolic OH excluding ortho intramolecular Hbond substituents is 1. The van der Waals surface area contributed by atoms with Crippen molar-refractivity contribution in [3.05, 3.63) is 99.5 Å². The molecular formula is C35H27BrCl2N2O7. The fraction of sp³-hybridized carbons (Fsp3) is 0.286. The number of anilines is 1. The van der Waals surface area contributed by atoms with Crippen LogP contribution in [0.4, 0.5) is 5.69 Å². The third-order valence-corrected chi connectivity index (χ3v) is 11.9. The highest BCUT2D eigenvalue weighted by atomic mass is 79.9. The van der Waals surface area contributed by atoms with Gasteiger partial charge in [0.15, 0.2) is 27.0 Å². The molecule has 7 rings (SSSR count). The van der Waals surface area contributed by atoms with Crippen LogP contribution in [0.1, 0.15) is 40.2 Å². The van der Waals surface area contributed by atoms with E-state index in [1.54, 1.807) is 66.7 Å². The van der Waals surface area contributed by atoms with Crippen LogP contribution in [0.5, 0.6) is 11.5 Å². The highest BCUT2D eigenvalue weighted by Crippen LogP contribution is 2.66. The molecule has 0 radical (unpaired) electrons. The van der Waals surface area contributed by atoms with Gasteiger partial charge in [-0.1, -0.05) is 57.9 Å². The van der Waals surface area contributed by atoms with E-state index in [-0.39, 0.29) is 35.7 Å². The number of hydrogen-bond acceptors (Lipinski definition) is 7. The number of nitrogens with zero attached hydrogens (tertiary/aromatic N) is 2. The minimum atomic E-state index is -2.05. The van der Waals surface area contributed by atoms with Gasteiger partial charge in [-0.15, -0.1) is 23.2 Å². The van der Waals surface area contributed by atoms with Gasteiger partial charge in [-0.25, -0.2) is 0 Å². The molecule has 1 N–H and O–H groups in total. The second-order valence-electron chi connectivity index (χ2n) is 12.3. The number of ether oxygens (including phenoxy) is 1. The Kier molecular flexibility index (Phi) is 7.42. The molecule has 240 valence electrons. The molecule has 0 unspecified atom stereocenters. The second kappa shape index (κ2) is 11.0. The van der Waals surface area contributed by atoms with Crippen molar-refractivity contribution in [1.29, 1.82) is 0 Å². The Bertz CT molecular complexity index is 1930. The van der Waals surface area contributed by atoms with E-state index < -0.39 is 57.0 Å². The molecule has 3 fully saturated rings. The Balaban J connectivity index is 1.31. The maximum atomic E-state index is 14.3. The zero-order valence-corrected chi connectivity index (χ0v) is 28.2. The third kappa shape index (κ3) is 4.30. The van der Waals surface area contributed by atoms with Crippen molar-refractivity contribution in [3.8, 4) is 11.5 Å². The largest absolute Gasteiger partial charge is 0.504 e. The fourth-order valence-corrected chi connectivity index (χ4v) is 9.30. The van der Waals surface area contributed by atoms with Crippen LogP contribution >= 0.6 is 39.1 Å². The number of fused-ring (bicyclic) bond motifs is 4. The molecule has 3 aromatic rings. The number of hydrogen-bond donors (Lipinski definition) is 1. The molecule has 9 nitrogen and oxygen atoms in total. The molecule has 6 atom stereocenters. The highest BCUT2D eigenvalue weighted by molar-refractivity contribution is 9.10. The number of methoxy groups -OCH3 is 1. The van der Waals surface area contributed by atoms with Gasteiger partial charge in [-0.3, -0.25) is 33.8 Å². The van der Waals surface area contributed by atoms with E-state index in [4.69, 9.17) is 27.9 Å². The van der Waals surface area contributed by atoms with E-state index in [1.807, 2.05) is 6.07 Å². The number of phenols is 1. The lowest BCUT2D eigenvalue weighted by atomic mass is 9.56. The number of amides is 4. The Morgan fingerprint density at radius 2 is 1.60 bits per heavy atom. The molecule has 4 amide bonds. The van der Waals surface area contributed by atoms with Crippen LogP contribution in [0.3, 0.4) is 0 Å². The summed E-state index contributed by atoms with van der Waals surface area (Å²) in [7, 11) is 2.68. The number of benzene rings is 3. The zero-order valence-electron chi connectivity index (χ0n) is 25.1. The molecular weight excluding hydrogens is 711 g/mol. The average molecular weight is 738 g/mol. The molecule has 1 saturated carbocycles. The van der Waals surface area contributed by atoms with Gasteiger partial charge in [0.2, 0.25) is 11.8 Å². The Morgan fingerprint density at radius 3 is 2.26 bits per heavy atom. The van der Waals surface area contributed by atoms with Crippen molar-refractivity contribution in [1.82, 2.24) is 4.90 Å². The molecule has 3 aromatic carbocycles. The highest BCUT2D eigenvalue weighted by Gasteiger charge is 2.76. The Labute approximate surface area is 288 Å². The number of ketones is 1. The minimum absolute atomic E-state index is 0.101. The van der Waals surface area contributed by atoms with Crippen molar-refractivity contribution >= 4 is 74.2 Å². The van der Waals surface area contributed by atoms with Crippen LogP contribution in [-0.4, -0.2) is 63.3 Å². The molecule has 0 aromatic heterocycles. The normalized spacial score (nSPS) is 29.8. The number of carbonyl (C=O) groups is 5. The van der Waals surface area contributed by atoms with Crippen LogP contribution < -0.4 is 9.64 Å². The van der Waals surface area contributed by atoms with Gasteiger partial charge >= 0.3 is 0 Å². The van der Waals surface area contributed by atoms with Gasteiger partial charge < -0.3 is 9.84 Å². The van der Waals surface area contributed by atoms with Crippen LogP contribution in [0, 0.1) is 17.8 Å². The van der Waals surface area contributed by atoms with Crippen LogP contribution in [-0.2, 0) is 19.2 Å². The maximum Gasteiger partial charge on any atom is 0.253 e. The number of halogens is 3. The summed E-state index contributed by atoms with van der Waals surface area (Å²) in [6.45, 7) is 0. The monoisotopic (exact) mass is 736 g/mol. The molecule has 2 heterocycles. The first-order valence-electron chi connectivity index (χ1n) is 14.9. The summed E-state index contributed by atoms with van der Waals surface area (Å²) in [5, 5.41) is 11.4. The van der Waals surface area contributed by atoms with Crippen LogP contribution in [0.25, 0.3) is 0 Å². The first-order valence-corrected chi connectivity index (χ1v) is 16.4. The molecule has 12 heteroatoms. The molecule has 2 saturated heterocycles. The Morgan fingerprint density at radius 1 is 0.936 bits per heavy atom. The number of likely N-dealkylation sites (tertiary alicyclic amines) is 1. The van der Waals surface area contributed by atoms with Crippen LogP contribution in [0.2, 0.25) is 0 Å². The van der Waals surface area contributed by atoms with E-state index in [0.29, 0.717) is 26.9 Å². The number of rotatable bonds is 5. The quantitative estimate of drug-likeness (QED) is 0.157. The first-order chi connectivity index (χ1) is 22.3. The lowest BCUT2D eigenvalue weighted by Gasteiger charge is -2.50. The number of allylic oxidation sites excluding steroid dienone is 2. The lowest BCUT2D eigenvalue weighted by molar-refractivity contribution is -0.138. The van der Waals surface area contributed by atoms with E-state index in [1.165, 1.54) is 14.2 Å². The second-order valence-corrected chi connectivity index (χ2v) is 14.5. The van der Waals surface area contributed by atoms with Gasteiger partial charge in [0, 0.05) is 34.1 Å². The number of carbonyl (C=O) groups excluding carboxylic acids is 5. The van der Waals surface area contributed by atoms with Crippen molar-refractivity contribution in [2.45, 2.75) is 28.5 Å². The standard InChI is InChI=1S/C35H27BrCl2N2O7/c1-39-32(45)34(37)16-24-21(27(35(34,38)33(39)46)23-14-19(36)15-25(47-2)29(23)42)12-13-22-26(24)31(44)40(30(22)43)20-10-8-18(9-11-20)28(41)17-6-4-3-5-7-17/h3-12,14-15,22,24,26-27,42H,13,16H2,1-2H3/t22-,24+,26-,27+,34+,35-/m0/s1. The van der Waals surface area contributed by atoms with E-state index >= 15 is 0 Å². The minimum Gasteiger partial charge on any atom is -0.504 e. The topological polar surface area (TPSA) is 121 Å². The summed E-state index contributed by atoms with van der Waals surface area (Å²) < 4.78 is 5.89. The summed E-state index contributed by atoms with van der Waals surface area (Å²) in [5.41, 5.74) is 1.94. The smallest absolute Gasteiger partial charge is 0.253 e. The van der Waals surface area contributed by atoms with Crippen molar-refractivity contribution in [3.63, 3.8) is 0 Å². The van der Waals surface area contributed by atoms with Crippen molar-refractivity contribution < 1.29 is 33.8 Å². The maximum absolute atomic E-state index is 14.3. The fourth-order valence-electron chi connectivity index (χ4n) is 7.83. The number of aromatic hydroxyl groups is 1. The molecule has 47 heavy (non-hydrogen) atoms. The van der Waals surface area contributed by atoms with Crippen LogP contribution in [0.15, 0.2) is 82.9 Å². The molecule has 4 aliphatic rings. The average Bonchev–Trinajstić information content (AvgIpc) is 3.40. The van der Waals surface area contributed by atoms with E-state index in [2.05, 4.69) is 15.9 Å². The Hall–Kier alpha value is -3.99. The molecule has 2 aliphatic carbocycles. The van der Waals surface area contributed by atoms with Gasteiger partial charge in [0.05, 0.1) is 24.6 Å². The third-order valence-electron chi connectivity index (χ3n) is 10.0. The summed E-state index contributed by atoms with van der Waals surface area (Å²) in [6, 6.07) is 18.2. The predicted molar refractivity (Wildman–Crippen MR) is 177 cm³/mol.